The summed E-state index contributed by atoms with van der Waals surface area (Å²) in [5.41, 5.74) is 5.35. The van der Waals surface area contributed by atoms with Gasteiger partial charge in [0.05, 0.1) is 6.04 Å². The summed E-state index contributed by atoms with van der Waals surface area (Å²) in [6.07, 6.45) is 1.86. The lowest BCUT2D eigenvalue weighted by molar-refractivity contribution is -0.123. The maximum absolute atomic E-state index is 11.5. The first-order valence-corrected chi connectivity index (χ1v) is 5.35. The van der Waals surface area contributed by atoms with E-state index in [1.54, 1.807) is 0 Å². The van der Waals surface area contributed by atoms with Crippen molar-refractivity contribution >= 4 is 5.91 Å². The predicted octanol–water partition coefficient (Wildman–Crippen LogP) is 0.228. The first-order chi connectivity index (χ1) is 6.61. The highest BCUT2D eigenvalue weighted by molar-refractivity contribution is 5.81. The van der Waals surface area contributed by atoms with Crippen LogP contribution in [0.3, 0.4) is 0 Å². The van der Waals surface area contributed by atoms with Crippen molar-refractivity contribution < 1.29 is 4.79 Å². The largest absolute Gasteiger partial charge is 0.352 e. The van der Waals surface area contributed by atoms with Crippen molar-refractivity contribution in [3.05, 3.63) is 0 Å². The van der Waals surface area contributed by atoms with Gasteiger partial charge in [0.1, 0.15) is 0 Å². The minimum Gasteiger partial charge on any atom is -0.352 e. The maximum Gasteiger partial charge on any atom is 0.237 e. The lowest BCUT2D eigenvalue weighted by Crippen LogP contribution is -2.45. The summed E-state index contributed by atoms with van der Waals surface area (Å²) < 4.78 is 0. The van der Waals surface area contributed by atoms with Crippen LogP contribution in [-0.4, -0.2) is 31.1 Å². The third-order valence-corrected chi connectivity index (χ3v) is 2.23. The van der Waals surface area contributed by atoms with E-state index in [4.69, 9.17) is 5.73 Å². The first-order valence-electron chi connectivity index (χ1n) is 5.35. The van der Waals surface area contributed by atoms with E-state index in [2.05, 4.69) is 17.6 Å². The summed E-state index contributed by atoms with van der Waals surface area (Å²) in [5.74, 6) is 0.0661. The minimum absolute atomic E-state index is 0.0661. The van der Waals surface area contributed by atoms with Gasteiger partial charge in [-0.1, -0.05) is 6.92 Å². The third-order valence-electron chi connectivity index (χ3n) is 2.23. The normalized spacial score (nSPS) is 14.9. The second kappa shape index (κ2) is 7.76. The van der Waals surface area contributed by atoms with E-state index in [-0.39, 0.29) is 18.0 Å². The van der Waals surface area contributed by atoms with Crippen LogP contribution >= 0.6 is 0 Å². The average molecular weight is 201 g/mol. The molecule has 84 valence electrons. The highest BCUT2D eigenvalue weighted by atomic mass is 16.2. The van der Waals surface area contributed by atoms with Crippen molar-refractivity contribution in [3.8, 4) is 0 Å². The average Bonchev–Trinajstić information content (AvgIpc) is 2.17. The Kier molecular flexibility index (Phi) is 7.42. The van der Waals surface area contributed by atoms with Gasteiger partial charge in [0.25, 0.3) is 0 Å². The molecule has 0 rings (SSSR count). The number of carbonyl (C=O) groups is 1. The topological polar surface area (TPSA) is 67.2 Å². The summed E-state index contributed by atoms with van der Waals surface area (Å²) in [6.45, 7) is 7.38. The van der Waals surface area contributed by atoms with Crippen molar-refractivity contribution in [1.29, 1.82) is 0 Å². The highest BCUT2D eigenvalue weighted by Crippen LogP contribution is 1.90. The van der Waals surface area contributed by atoms with Gasteiger partial charge < -0.3 is 16.4 Å². The Morgan fingerprint density at radius 2 is 2.07 bits per heavy atom. The molecule has 0 aromatic rings. The van der Waals surface area contributed by atoms with Crippen molar-refractivity contribution in [1.82, 2.24) is 10.6 Å². The second-order valence-electron chi connectivity index (χ2n) is 3.64. The molecule has 0 aliphatic heterocycles. The maximum atomic E-state index is 11.5. The van der Waals surface area contributed by atoms with Crippen LogP contribution < -0.4 is 16.4 Å². The van der Waals surface area contributed by atoms with Gasteiger partial charge in [0.2, 0.25) is 5.91 Å². The van der Waals surface area contributed by atoms with E-state index in [0.29, 0.717) is 6.54 Å². The van der Waals surface area contributed by atoms with E-state index >= 15 is 0 Å². The molecule has 4 N–H and O–H groups in total. The van der Waals surface area contributed by atoms with Crippen LogP contribution in [0.5, 0.6) is 0 Å². The van der Waals surface area contributed by atoms with Gasteiger partial charge >= 0.3 is 0 Å². The molecule has 0 spiro atoms. The molecule has 2 atom stereocenters. The lowest BCUT2D eigenvalue weighted by atomic mass is 10.2. The molecule has 2 unspecified atom stereocenters. The SMILES string of the molecule is CCC(C)NC(=O)C(C)NCCCN. The quantitative estimate of drug-likeness (QED) is 0.516. The molecule has 4 heteroatoms. The molecule has 0 aliphatic carbocycles. The summed E-state index contributed by atoms with van der Waals surface area (Å²) in [5, 5.41) is 6.04. The number of nitrogens with one attached hydrogen (secondary N) is 2. The fourth-order valence-electron chi connectivity index (χ4n) is 0.983. The number of rotatable bonds is 7. The van der Waals surface area contributed by atoms with Crippen molar-refractivity contribution in [2.45, 2.75) is 45.7 Å². The van der Waals surface area contributed by atoms with Gasteiger partial charge in [-0.2, -0.15) is 0 Å². The Balaban J connectivity index is 3.64. The monoisotopic (exact) mass is 201 g/mol. The van der Waals surface area contributed by atoms with E-state index < -0.39 is 0 Å². The van der Waals surface area contributed by atoms with Crippen LogP contribution in [0.25, 0.3) is 0 Å². The lowest BCUT2D eigenvalue weighted by Gasteiger charge is -2.17. The molecular weight excluding hydrogens is 178 g/mol. The van der Waals surface area contributed by atoms with E-state index in [1.807, 2.05) is 13.8 Å². The number of hydrogen-bond donors (Lipinski definition) is 3. The zero-order chi connectivity index (χ0) is 11.0. The molecule has 0 aromatic carbocycles. The fraction of sp³-hybridized carbons (Fsp3) is 0.900. The van der Waals surface area contributed by atoms with Gasteiger partial charge in [-0.15, -0.1) is 0 Å². The molecule has 0 heterocycles. The number of nitrogens with two attached hydrogens (primary N) is 1. The number of amides is 1. The van der Waals surface area contributed by atoms with Gasteiger partial charge in [-0.05, 0) is 39.8 Å². The smallest absolute Gasteiger partial charge is 0.237 e. The molecule has 0 saturated heterocycles. The van der Waals surface area contributed by atoms with Crippen LogP contribution in [-0.2, 0) is 4.79 Å². The number of hydrogen-bond acceptors (Lipinski definition) is 3. The van der Waals surface area contributed by atoms with E-state index in [0.717, 1.165) is 19.4 Å². The van der Waals surface area contributed by atoms with Crippen LogP contribution in [0.15, 0.2) is 0 Å². The van der Waals surface area contributed by atoms with E-state index in [9.17, 15) is 4.79 Å². The Bertz CT molecular complexity index is 161. The van der Waals surface area contributed by atoms with Crippen LogP contribution in [0.4, 0.5) is 0 Å². The molecule has 0 saturated carbocycles. The van der Waals surface area contributed by atoms with E-state index in [1.165, 1.54) is 0 Å². The third kappa shape index (κ3) is 5.94. The number of carbonyl (C=O) groups excluding carboxylic acids is 1. The summed E-state index contributed by atoms with van der Waals surface area (Å²) in [7, 11) is 0. The van der Waals surface area contributed by atoms with Crippen LogP contribution in [0.1, 0.15) is 33.6 Å². The Labute approximate surface area is 86.6 Å². The van der Waals surface area contributed by atoms with Crippen LogP contribution in [0, 0.1) is 0 Å². The fourth-order valence-corrected chi connectivity index (χ4v) is 0.983. The zero-order valence-corrected chi connectivity index (χ0v) is 9.47. The molecule has 0 fully saturated rings. The van der Waals surface area contributed by atoms with Gasteiger partial charge in [-0.25, -0.2) is 0 Å². The Hall–Kier alpha value is -0.610. The summed E-state index contributed by atoms with van der Waals surface area (Å²) in [6, 6.07) is 0.122. The molecular formula is C10H23N3O. The zero-order valence-electron chi connectivity index (χ0n) is 9.47. The highest BCUT2D eigenvalue weighted by Gasteiger charge is 2.12. The van der Waals surface area contributed by atoms with Crippen LogP contribution in [0.2, 0.25) is 0 Å². The van der Waals surface area contributed by atoms with Crippen molar-refractivity contribution in [2.24, 2.45) is 5.73 Å². The predicted molar refractivity (Wildman–Crippen MR) is 59.0 cm³/mol. The van der Waals surface area contributed by atoms with Gasteiger partial charge in [0, 0.05) is 6.04 Å². The molecule has 0 bridgehead atoms. The molecule has 0 aliphatic rings. The molecule has 1 amide bonds. The summed E-state index contributed by atoms with van der Waals surface area (Å²) in [4.78, 5) is 11.5. The Morgan fingerprint density at radius 1 is 1.43 bits per heavy atom. The first kappa shape index (κ1) is 13.4. The molecule has 4 nitrogen and oxygen atoms in total. The van der Waals surface area contributed by atoms with Gasteiger partial charge in [0.15, 0.2) is 0 Å². The summed E-state index contributed by atoms with van der Waals surface area (Å²) >= 11 is 0. The van der Waals surface area contributed by atoms with Gasteiger partial charge in [-0.3, -0.25) is 4.79 Å². The second-order valence-corrected chi connectivity index (χ2v) is 3.64. The molecule has 14 heavy (non-hydrogen) atoms. The molecule has 0 aromatic heterocycles. The Morgan fingerprint density at radius 3 is 2.57 bits per heavy atom. The van der Waals surface area contributed by atoms with Crippen molar-refractivity contribution in [3.63, 3.8) is 0 Å². The minimum atomic E-state index is -0.129. The molecule has 0 radical (unpaired) electrons. The standard InChI is InChI=1S/C10H23N3O/c1-4-8(2)13-10(14)9(3)12-7-5-6-11/h8-9,12H,4-7,11H2,1-3H3,(H,13,14). The van der Waals surface area contributed by atoms with Crippen molar-refractivity contribution in [2.75, 3.05) is 13.1 Å².